The molecule has 3 rings (SSSR count). The highest BCUT2D eigenvalue weighted by Gasteiger charge is 2.07. The molecule has 0 fully saturated rings. The summed E-state index contributed by atoms with van der Waals surface area (Å²) in [6, 6.07) is 22.6. The average molecular weight is 275 g/mol. The minimum atomic E-state index is 0.184. The molecule has 2 nitrogen and oxygen atoms in total. The number of aliphatic hydroxyl groups is 1. The molecule has 0 unspecified atom stereocenters. The normalized spacial score (nSPS) is 10.5. The van der Waals surface area contributed by atoms with Crippen LogP contribution in [0.25, 0.3) is 22.4 Å². The van der Waals surface area contributed by atoms with Gasteiger partial charge in [-0.2, -0.15) is 0 Å². The quantitative estimate of drug-likeness (QED) is 0.782. The van der Waals surface area contributed by atoms with Crippen molar-refractivity contribution >= 4 is 0 Å². The molecule has 104 valence electrons. The minimum Gasteiger partial charge on any atom is -0.396 e. The Morgan fingerprint density at radius 1 is 0.762 bits per heavy atom. The van der Waals surface area contributed by atoms with Crippen LogP contribution in [0.3, 0.4) is 0 Å². The summed E-state index contributed by atoms with van der Waals surface area (Å²) in [6.07, 6.45) is 2.51. The number of pyridine rings is 1. The van der Waals surface area contributed by atoms with Crippen molar-refractivity contribution in [3.8, 4) is 22.4 Å². The molecular weight excluding hydrogens is 258 g/mol. The number of hydrogen-bond acceptors (Lipinski definition) is 2. The topological polar surface area (TPSA) is 33.1 Å². The van der Waals surface area contributed by atoms with E-state index in [2.05, 4.69) is 41.4 Å². The van der Waals surface area contributed by atoms with Gasteiger partial charge in [0.25, 0.3) is 0 Å². The molecule has 2 aromatic carbocycles. The van der Waals surface area contributed by atoms with E-state index in [1.165, 1.54) is 5.56 Å². The second kappa shape index (κ2) is 6.33. The van der Waals surface area contributed by atoms with Gasteiger partial charge in [0.15, 0.2) is 0 Å². The van der Waals surface area contributed by atoms with Crippen LogP contribution >= 0.6 is 0 Å². The van der Waals surface area contributed by atoms with Gasteiger partial charge in [0, 0.05) is 18.4 Å². The summed E-state index contributed by atoms with van der Waals surface area (Å²) >= 11 is 0. The second-order valence-corrected chi connectivity index (χ2v) is 4.93. The van der Waals surface area contributed by atoms with Crippen molar-refractivity contribution in [2.24, 2.45) is 0 Å². The van der Waals surface area contributed by atoms with Gasteiger partial charge in [-0.1, -0.05) is 54.6 Å². The molecule has 21 heavy (non-hydrogen) atoms. The molecular formula is C19H17NO. The van der Waals surface area contributed by atoms with Gasteiger partial charge in [-0.3, -0.25) is 4.98 Å². The Morgan fingerprint density at radius 2 is 1.48 bits per heavy atom. The van der Waals surface area contributed by atoms with Crippen LogP contribution in [0, 0.1) is 0 Å². The summed E-state index contributed by atoms with van der Waals surface area (Å²) < 4.78 is 0. The van der Waals surface area contributed by atoms with Crippen LogP contribution < -0.4 is 0 Å². The summed E-state index contributed by atoms with van der Waals surface area (Å²) in [5, 5.41) is 8.99. The van der Waals surface area contributed by atoms with E-state index < -0.39 is 0 Å². The van der Waals surface area contributed by atoms with E-state index in [1.54, 1.807) is 0 Å². The molecule has 1 aromatic heterocycles. The molecule has 0 saturated heterocycles. The van der Waals surface area contributed by atoms with Gasteiger partial charge in [-0.25, -0.2) is 0 Å². The van der Waals surface area contributed by atoms with E-state index in [9.17, 15) is 0 Å². The average Bonchev–Trinajstić information content (AvgIpc) is 2.57. The molecule has 0 saturated carbocycles. The molecule has 0 bridgehead atoms. The van der Waals surface area contributed by atoms with Crippen molar-refractivity contribution in [3.63, 3.8) is 0 Å². The Balaban J connectivity index is 2.03. The van der Waals surface area contributed by atoms with Gasteiger partial charge in [-0.05, 0) is 35.2 Å². The maximum Gasteiger partial charge on any atom is 0.0708 e. The zero-order chi connectivity index (χ0) is 14.5. The van der Waals surface area contributed by atoms with Crippen LogP contribution in [0.1, 0.15) is 5.56 Å². The monoisotopic (exact) mass is 275 g/mol. The van der Waals surface area contributed by atoms with Crippen LogP contribution in [0.5, 0.6) is 0 Å². The molecule has 1 heterocycles. The molecule has 3 aromatic rings. The van der Waals surface area contributed by atoms with Crippen molar-refractivity contribution < 1.29 is 5.11 Å². The Morgan fingerprint density at radius 3 is 2.14 bits per heavy atom. The third kappa shape index (κ3) is 3.01. The Labute approximate surface area is 124 Å². The van der Waals surface area contributed by atoms with Crippen LogP contribution in [0.15, 0.2) is 72.9 Å². The summed E-state index contributed by atoms with van der Waals surface area (Å²) in [5.41, 5.74) is 5.60. The maximum absolute atomic E-state index is 8.99. The van der Waals surface area contributed by atoms with Crippen LogP contribution in [-0.2, 0) is 6.42 Å². The number of rotatable bonds is 4. The summed E-state index contributed by atoms with van der Waals surface area (Å²) in [5.74, 6) is 0. The SMILES string of the molecule is OCCc1ccc(-c2ccccc2-c2ccccn2)cc1. The highest BCUT2D eigenvalue weighted by molar-refractivity contribution is 5.81. The molecule has 0 aliphatic rings. The Kier molecular flexibility index (Phi) is 4.08. The van der Waals surface area contributed by atoms with E-state index in [1.807, 2.05) is 36.5 Å². The fourth-order valence-electron chi connectivity index (χ4n) is 2.46. The molecule has 1 N–H and O–H groups in total. The maximum atomic E-state index is 8.99. The first-order chi connectivity index (χ1) is 10.4. The first-order valence-corrected chi connectivity index (χ1v) is 7.09. The van der Waals surface area contributed by atoms with E-state index in [0.29, 0.717) is 6.42 Å². The van der Waals surface area contributed by atoms with E-state index >= 15 is 0 Å². The second-order valence-electron chi connectivity index (χ2n) is 4.93. The zero-order valence-corrected chi connectivity index (χ0v) is 11.7. The van der Waals surface area contributed by atoms with E-state index in [-0.39, 0.29) is 6.61 Å². The lowest BCUT2D eigenvalue weighted by Gasteiger charge is -2.10. The van der Waals surface area contributed by atoms with Gasteiger partial charge >= 0.3 is 0 Å². The molecule has 0 atom stereocenters. The predicted molar refractivity (Wildman–Crippen MR) is 85.9 cm³/mol. The van der Waals surface area contributed by atoms with Gasteiger partial charge < -0.3 is 5.11 Å². The lowest BCUT2D eigenvalue weighted by atomic mass is 9.96. The smallest absolute Gasteiger partial charge is 0.0708 e. The lowest BCUT2D eigenvalue weighted by Crippen LogP contribution is -1.91. The van der Waals surface area contributed by atoms with Gasteiger partial charge in [0.1, 0.15) is 0 Å². The molecule has 0 aliphatic heterocycles. The van der Waals surface area contributed by atoms with Crippen molar-refractivity contribution in [2.75, 3.05) is 6.61 Å². The van der Waals surface area contributed by atoms with E-state index in [0.717, 1.165) is 22.4 Å². The fourth-order valence-corrected chi connectivity index (χ4v) is 2.46. The predicted octanol–water partition coefficient (Wildman–Crippen LogP) is 3.95. The molecule has 0 amide bonds. The summed E-state index contributed by atoms with van der Waals surface area (Å²) in [7, 11) is 0. The van der Waals surface area contributed by atoms with Gasteiger partial charge in [0.2, 0.25) is 0 Å². The third-order valence-electron chi connectivity index (χ3n) is 3.53. The highest BCUT2D eigenvalue weighted by atomic mass is 16.2. The first kappa shape index (κ1) is 13.5. The molecule has 0 radical (unpaired) electrons. The van der Waals surface area contributed by atoms with Crippen LogP contribution in [0.4, 0.5) is 0 Å². The van der Waals surface area contributed by atoms with E-state index in [4.69, 9.17) is 5.11 Å². The van der Waals surface area contributed by atoms with Crippen LogP contribution in [0.2, 0.25) is 0 Å². The van der Waals surface area contributed by atoms with Crippen molar-refractivity contribution in [3.05, 3.63) is 78.5 Å². The standard InChI is InChI=1S/C19H17NO/c21-14-12-15-8-10-16(11-9-15)17-5-1-2-6-18(17)19-7-3-4-13-20-19/h1-11,13,21H,12,14H2. The molecule has 0 spiro atoms. The number of benzene rings is 2. The lowest BCUT2D eigenvalue weighted by molar-refractivity contribution is 0.299. The number of aliphatic hydroxyl groups excluding tert-OH is 1. The molecule has 2 heteroatoms. The van der Waals surface area contributed by atoms with Crippen molar-refractivity contribution in [2.45, 2.75) is 6.42 Å². The Hall–Kier alpha value is -2.45. The number of aromatic nitrogens is 1. The molecule has 0 aliphatic carbocycles. The van der Waals surface area contributed by atoms with Crippen LogP contribution in [-0.4, -0.2) is 16.7 Å². The number of nitrogens with zero attached hydrogens (tertiary/aromatic N) is 1. The summed E-state index contributed by atoms with van der Waals surface area (Å²) in [4.78, 5) is 4.45. The Bertz CT molecular complexity index is 705. The zero-order valence-electron chi connectivity index (χ0n) is 11.7. The van der Waals surface area contributed by atoms with Gasteiger partial charge in [-0.15, -0.1) is 0 Å². The third-order valence-corrected chi connectivity index (χ3v) is 3.53. The summed E-state index contributed by atoms with van der Waals surface area (Å²) in [6.45, 7) is 0.184. The van der Waals surface area contributed by atoms with Crippen molar-refractivity contribution in [1.29, 1.82) is 0 Å². The highest BCUT2D eigenvalue weighted by Crippen LogP contribution is 2.30. The largest absolute Gasteiger partial charge is 0.396 e. The fraction of sp³-hybridized carbons (Fsp3) is 0.105. The number of hydrogen-bond donors (Lipinski definition) is 1. The minimum absolute atomic E-state index is 0.184. The first-order valence-electron chi connectivity index (χ1n) is 7.09. The van der Waals surface area contributed by atoms with Gasteiger partial charge in [0.05, 0.1) is 5.69 Å². The van der Waals surface area contributed by atoms with Crippen molar-refractivity contribution in [1.82, 2.24) is 4.98 Å².